The average Bonchev–Trinajstić information content (AvgIpc) is 3.17. The molecule has 0 saturated carbocycles. The summed E-state index contributed by atoms with van der Waals surface area (Å²) in [5.41, 5.74) is 4.46. The first kappa shape index (κ1) is 15.2. The number of amides is 1. The van der Waals surface area contributed by atoms with Crippen molar-refractivity contribution in [1.29, 1.82) is 0 Å². The van der Waals surface area contributed by atoms with Gasteiger partial charge in [0.05, 0.1) is 16.9 Å². The van der Waals surface area contributed by atoms with E-state index in [-0.39, 0.29) is 5.91 Å². The Labute approximate surface area is 140 Å². The van der Waals surface area contributed by atoms with E-state index in [0.29, 0.717) is 10.7 Å². The summed E-state index contributed by atoms with van der Waals surface area (Å²) >= 11 is 4.74. The van der Waals surface area contributed by atoms with Crippen molar-refractivity contribution in [3.05, 3.63) is 57.5 Å². The molecule has 0 radical (unpaired) electrons. The molecule has 0 saturated heterocycles. The Balaban J connectivity index is 1.59. The second-order valence-corrected chi connectivity index (χ2v) is 7.17. The molecule has 2 aromatic heterocycles. The van der Waals surface area contributed by atoms with E-state index in [2.05, 4.69) is 15.3 Å². The van der Waals surface area contributed by atoms with Crippen molar-refractivity contribution in [1.82, 2.24) is 9.97 Å². The first-order chi connectivity index (χ1) is 10.7. The fourth-order valence-electron chi connectivity index (χ4n) is 1.75. The summed E-state index contributed by atoms with van der Waals surface area (Å²) in [7, 11) is 0. The lowest BCUT2D eigenvalue weighted by molar-refractivity contribution is 0.102. The van der Waals surface area contributed by atoms with Gasteiger partial charge in [-0.2, -0.15) is 0 Å². The second-order valence-electron chi connectivity index (χ2n) is 4.54. The predicted molar refractivity (Wildman–Crippen MR) is 92.9 cm³/mol. The smallest absolute Gasteiger partial charge is 0.257 e. The molecule has 0 atom stereocenters. The summed E-state index contributed by atoms with van der Waals surface area (Å²) in [6.45, 7) is 1.90. The molecule has 1 amide bonds. The van der Waals surface area contributed by atoms with Gasteiger partial charge in [0.2, 0.25) is 0 Å². The molecule has 3 aromatic rings. The minimum Gasteiger partial charge on any atom is -0.298 e. The molecule has 22 heavy (non-hydrogen) atoms. The minimum atomic E-state index is -0.134. The number of carbonyl (C=O) groups is 1. The molecule has 0 fully saturated rings. The number of thioether (sulfide) groups is 1. The Morgan fingerprint density at radius 2 is 2.09 bits per heavy atom. The highest BCUT2D eigenvalue weighted by Crippen LogP contribution is 2.23. The number of anilines is 1. The van der Waals surface area contributed by atoms with Crippen molar-refractivity contribution in [3.8, 4) is 0 Å². The maximum Gasteiger partial charge on any atom is 0.257 e. The van der Waals surface area contributed by atoms with Gasteiger partial charge in [-0.25, -0.2) is 9.97 Å². The Morgan fingerprint density at radius 3 is 2.73 bits per heavy atom. The first-order valence-electron chi connectivity index (χ1n) is 6.54. The van der Waals surface area contributed by atoms with E-state index in [1.165, 1.54) is 11.3 Å². The number of aromatic nitrogens is 2. The van der Waals surface area contributed by atoms with Crippen LogP contribution in [0.15, 0.2) is 45.4 Å². The molecule has 0 aliphatic carbocycles. The number of nitrogens with one attached hydrogen (secondary N) is 1. The van der Waals surface area contributed by atoms with Crippen LogP contribution in [-0.2, 0) is 5.75 Å². The van der Waals surface area contributed by atoms with Crippen molar-refractivity contribution < 1.29 is 4.79 Å². The van der Waals surface area contributed by atoms with Crippen molar-refractivity contribution >= 4 is 45.5 Å². The summed E-state index contributed by atoms with van der Waals surface area (Å²) < 4.78 is 0. The van der Waals surface area contributed by atoms with Crippen LogP contribution < -0.4 is 5.32 Å². The first-order valence-corrected chi connectivity index (χ1v) is 9.35. The monoisotopic (exact) mass is 347 g/mol. The van der Waals surface area contributed by atoms with E-state index in [4.69, 9.17) is 0 Å². The summed E-state index contributed by atoms with van der Waals surface area (Å²) in [6.07, 6.45) is 0. The summed E-state index contributed by atoms with van der Waals surface area (Å²) in [6, 6.07) is 7.58. The maximum absolute atomic E-state index is 12.1. The Kier molecular flexibility index (Phi) is 4.87. The lowest BCUT2D eigenvalue weighted by atomic mass is 10.2. The van der Waals surface area contributed by atoms with Gasteiger partial charge in [-0.05, 0) is 31.2 Å². The minimum absolute atomic E-state index is 0.134. The normalized spacial score (nSPS) is 10.6. The van der Waals surface area contributed by atoms with E-state index in [0.717, 1.165) is 22.0 Å². The van der Waals surface area contributed by atoms with Gasteiger partial charge in [-0.15, -0.1) is 34.4 Å². The van der Waals surface area contributed by atoms with Crippen LogP contribution in [-0.4, -0.2) is 15.9 Å². The fraction of sp³-hybridized carbons (Fsp3) is 0.133. The topological polar surface area (TPSA) is 54.9 Å². The number of aryl methyl sites for hydroxylation is 1. The lowest BCUT2D eigenvalue weighted by Crippen LogP contribution is -2.11. The van der Waals surface area contributed by atoms with Crippen LogP contribution in [0.5, 0.6) is 0 Å². The zero-order valence-corrected chi connectivity index (χ0v) is 14.2. The van der Waals surface area contributed by atoms with Crippen LogP contribution in [0.1, 0.15) is 21.7 Å². The zero-order valence-electron chi connectivity index (χ0n) is 11.8. The van der Waals surface area contributed by atoms with E-state index in [1.807, 2.05) is 47.5 Å². The molecule has 0 bridgehead atoms. The zero-order chi connectivity index (χ0) is 15.4. The number of rotatable bonds is 5. The quantitative estimate of drug-likeness (QED) is 0.693. The maximum atomic E-state index is 12.1. The van der Waals surface area contributed by atoms with Crippen LogP contribution >= 0.6 is 34.4 Å². The SMILES string of the molecule is Cc1csc(NC(=O)c2ccc(SCc3cscn3)cc2)n1. The molecule has 2 heterocycles. The number of thiazole rings is 2. The van der Waals surface area contributed by atoms with Gasteiger partial charge in [0.1, 0.15) is 0 Å². The summed E-state index contributed by atoms with van der Waals surface area (Å²) in [5.74, 6) is 0.707. The third-order valence-electron chi connectivity index (χ3n) is 2.83. The number of nitrogens with zero attached hydrogens (tertiary/aromatic N) is 2. The lowest BCUT2D eigenvalue weighted by Gasteiger charge is -2.03. The van der Waals surface area contributed by atoms with Crippen molar-refractivity contribution in [2.24, 2.45) is 0 Å². The predicted octanol–water partition coefficient (Wildman–Crippen LogP) is 4.45. The Hall–Kier alpha value is -1.70. The van der Waals surface area contributed by atoms with E-state index < -0.39 is 0 Å². The molecule has 0 aliphatic rings. The Morgan fingerprint density at radius 1 is 1.27 bits per heavy atom. The second kappa shape index (κ2) is 7.04. The van der Waals surface area contributed by atoms with Crippen molar-refractivity contribution in [3.63, 3.8) is 0 Å². The van der Waals surface area contributed by atoms with Crippen LogP contribution in [0.3, 0.4) is 0 Å². The van der Waals surface area contributed by atoms with Gasteiger partial charge in [0.15, 0.2) is 5.13 Å². The van der Waals surface area contributed by atoms with Gasteiger partial charge < -0.3 is 0 Å². The third-order valence-corrected chi connectivity index (χ3v) is 5.38. The molecular formula is C15H13N3OS3. The molecular weight excluding hydrogens is 334 g/mol. The molecule has 0 spiro atoms. The number of hydrogen-bond acceptors (Lipinski definition) is 6. The van der Waals surface area contributed by atoms with Crippen molar-refractivity contribution in [2.75, 3.05) is 5.32 Å². The van der Waals surface area contributed by atoms with Gasteiger partial charge in [0, 0.05) is 27.0 Å². The van der Waals surface area contributed by atoms with Crippen LogP contribution in [0.25, 0.3) is 0 Å². The van der Waals surface area contributed by atoms with E-state index >= 15 is 0 Å². The highest BCUT2D eigenvalue weighted by atomic mass is 32.2. The number of hydrogen-bond donors (Lipinski definition) is 1. The van der Waals surface area contributed by atoms with Gasteiger partial charge in [0.25, 0.3) is 5.91 Å². The highest BCUT2D eigenvalue weighted by Gasteiger charge is 2.08. The van der Waals surface area contributed by atoms with Gasteiger partial charge >= 0.3 is 0 Å². The molecule has 1 aromatic carbocycles. The molecule has 7 heteroatoms. The van der Waals surface area contributed by atoms with Crippen LogP contribution in [0, 0.1) is 6.92 Å². The third kappa shape index (κ3) is 3.94. The summed E-state index contributed by atoms with van der Waals surface area (Å²) in [5, 5.41) is 7.39. The fourth-order valence-corrected chi connectivity index (χ4v) is 3.90. The molecule has 0 aliphatic heterocycles. The molecule has 112 valence electrons. The standard InChI is InChI=1S/C15H13N3OS3/c1-10-6-22-15(17-10)18-14(19)11-2-4-13(5-3-11)21-8-12-7-20-9-16-12/h2-7,9H,8H2,1H3,(H,17,18,19). The molecule has 0 unspecified atom stereocenters. The highest BCUT2D eigenvalue weighted by molar-refractivity contribution is 7.98. The van der Waals surface area contributed by atoms with Gasteiger partial charge in [-0.1, -0.05) is 0 Å². The Bertz CT molecular complexity index is 751. The van der Waals surface area contributed by atoms with Crippen molar-refractivity contribution in [2.45, 2.75) is 17.6 Å². The number of carbonyl (C=O) groups excluding carboxylic acids is 1. The molecule has 1 N–H and O–H groups in total. The largest absolute Gasteiger partial charge is 0.298 e. The van der Waals surface area contributed by atoms with Crippen LogP contribution in [0.2, 0.25) is 0 Å². The molecule has 4 nitrogen and oxygen atoms in total. The van der Waals surface area contributed by atoms with E-state index in [9.17, 15) is 4.79 Å². The van der Waals surface area contributed by atoms with Gasteiger partial charge in [-0.3, -0.25) is 10.1 Å². The van der Waals surface area contributed by atoms with Crippen LogP contribution in [0.4, 0.5) is 5.13 Å². The molecule has 3 rings (SSSR count). The average molecular weight is 347 g/mol. The number of benzene rings is 1. The summed E-state index contributed by atoms with van der Waals surface area (Å²) in [4.78, 5) is 21.7. The van der Waals surface area contributed by atoms with E-state index in [1.54, 1.807) is 23.1 Å².